The Hall–Kier alpha value is -6.45. The van der Waals surface area contributed by atoms with Crippen molar-refractivity contribution in [2.75, 3.05) is 48.8 Å². The topological polar surface area (TPSA) is 106 Å². The van der Waals surface area contributed by atoms with E-state index < -0.39 is 0 Å². The van der Waals surface area contributed by atoms with Crippen molar-refractivity contribution in [2.24, 2.45) is 0 Å². The molecule has 8 aromatic rings. The number of fused-ring (bicyclic) bond motifs is 2. The van der Waals surface area contributed by atoms with E-state index in [4.69, 9.17) is 33.7 Å². The Morgan fingerprint density at radius 3 is 1.69 bits per heavy atom. The number of hydrogen-bond acceptors (Lipinski definition) is 8. The van der Waals surface area contributed by atoms with Gasteiger partial charge in [0.2, 0.25) is 0 Å². The molecule has 2 heterocycles. The third-order valence-electron chi connectivity index (χ3n) is 11.6. The van der Waals surface area contributed by atoms with Gasteiger partial charge in [-0.25, -0.2) is 9.97 Å². The molecule has 65 heavy (non-hydrogen) atoms. The van der Waals surface area contributed by atoms with Gasteiger partial charge >= 0.3 is 0 Å². The van der Waals surface area contributed by atoms with E-state index in [-0.39, 0.29) is 0 Å². The lowest BCUT2D eigenvalue weighted by Gasteiger charge is -2.14. The number of ether oxygens (including phenoxy) is 5. The van der Waals surface area contributed by atoms with Gasteiger partial charge in [-0.1, -0.05) is 107 Å². The fourth-order valence-corrected chi connectivity index (χ4v) is 8.65. The van der Waals surface area contributed by atoms with Gasteiger partial charge in [-0.15, -0.1) is 0 Å². The molecule has 0 unspecified atom stereocenters. The summed E-state index contributed by atoms with van der Waals surface area (Å²) < 4.78 is 33.0. The lowest BCUT2D eigenvalue weighted by atomic mass is 9.99. The normalized spacial score (nSPS) is 11.2. The SMILES string of the molecule is COCCn1c(-c2ccc(C(C)C)cc2)nc2c(Br)c(-c3ccccc3C#N)cc(OC)c21.COCCn1c(-c2ccc(C(C)C)cc2)nc2cc(-c3cccc(OC)c3)cc(OC)c21. The number of halogens is 1. The Bertz CT molecular complexity index is 2950. The average Bonchev–Trinajstić information content (AvgIpc) is 3.92. The quantitative estimate of drug-likeness (QED) is 0.100. The minimum absolute atomic E-state index is 0.461. The summed E-state index contributed by atoms with van der Waals surface area (Å²) in [6.07, 6.45) is 0. The maximum Gasteiger partial charge on any atom is 0.145 e. The molecule has 0 bridgehead atoms. The molecule has 0 saturated carbocycles. The molecule has 2 aromatic heterocycles. The summed E-state index contributed by atoms with van der Waals surface area (Å²) in [5.41, 5.74) is 12.6. The van der Waals surface area contributed by atoms with Gasteiger partial charge in [-0.2, -0.15) is 5.26 Å². The molecule has 0 atom stereocenters. The molecule has 11 heteroatoms. The van der Waals surface area contributed by atoms with E-state index in [0.717, 1.165) is 83.1 Å². The van der Waals surface area contributed by atoms with Crippen LogP contribution >= 0.6 is 15.9 Å². The molecule has 0 aliphatic rings. The zero-order chi connectivity index (χ0) is 46.2. The Morgan fingerprint density at radius 1 is 0.569 bits per heavy atom. The monoisotopic (exact) mass is 933 g/mol. The van der Waals surface area contributed by atoms with E-state index in [1.165, 1.54) is 11.1 Å². The maximum absolute atomic E-state index is 9.64. The Labute approximate surface area is 390 Å². The van der Waals surface area contributed by atoms with Gasteiger partial charge in [0.1, 0.15) is 45.4 Å². The van der Waals surface area contributed by atoms with Crippen molar-refractivity contribution in [3.63, 3.8) is 0 Å². The number of benzene rings is 6. The first kappa shape index (κ1) is 46.5. The van der Waals surface area contributed by atoms with Crippen molar-refractivity contribution in [1.29, 1.82) is 5.26 Å². The van der Waals surface area contributed by atoms with Crippen LogP contribution in [0.3, 0.4) is 0 Å². The first-order chi connectivity index (χ1) is 31.5. The van der Waals surface area contributed by atoms with Crippen molar-refractivity contribution in [3.8, 4) is 68.3 Å². The molecule has 10 nitrogen and oxygen atoms in total. The smallest absolute Gasteiger partial charge is 0.145 e. The number of hydrogen-bond donors (Lipinski definition) is 0. The second kappa shape index (κ2) is 21.0. The van der Waals surface area contributed by atoms with E-state index >= 15 is 0 Å². The van der Waals surface area contributed by atoms with Crippen LogP contribution in [0.2, 0.25) is 0 Å². The van der Waals surface area contributed by atoms with Gasteiger partial charge in [-0.05, 0) is 86.4 Å². The van der Waals surface area contributed by atoms with Crippen LogP contribution in [0.25, 0.3) is 67.1 Å². The van der Waals surface area contributed by atoms with Gasteiger partial charge in [0.05, 0.1) is 56.2 Å². The summed E-state index contributed by atoms with van der Waals surface area (Å²) in [6, 6.07) is 41.2. The zero-order valence-electron chi connectivity index (χ0n) is 38.6. The Morgan fingerprint density at radius 2 is 1.14 bits per heavy atom. The molecule has 0 spiro atoms. The van der Waals surface area contributed by atoms with Crippen molar-refractivity contribution >= 4 is 38.0 Å². The second-order valence-electron chi connectivity index (χ2n) is 16.3. The average molecular weight is 935 g/mol. The number of imidazole rings is 2. The van der Waals surface area contributed by atoms with E-state index in [1.807, 2.05) is 48.5 Å². The van der Waals surface area contributed by atoms with Crippen molar-refractivity contribution < 1.29 is 23.7 Å². The van der Waals surface area contributed by atoms with Crippen LogP contribution in [0.15, 0.2) is 120 Å². The molecule has 0 fully saturated rings. The molecule has 0 aliphatic heterocycles. The summed E-state index contributed by atoms with van der Waals surface area (Å²) in [7, 11) is 8.45. The lowest BCUT2D eigenvalue weighted by molar-refractivity contribution is 0.188. The Balaban J connectivity index is 0.000000194. The van der Waals surface area contributed by atoms with Gasteiger partial charge in [-0.3, -0.25) is 0 Å². The highest BCUT2D eigenvalue weighted by Gasteiger charge is 2.23. The van der Waals surface area contributed by atoms with Crippen molar-refractivity contribution in [1.82, 2.24) is 19.1 Å². The first-order valence-electron chi connectivity index (χ1n) is 21.7. The van der Waals surface area contributed by atoms with Crippen molar-refractivity contribution in [2.45, 2.75) is 52.6 Å². The highest BCUT2D eigenvalue weighted by Crippen LogP contribution is 2.43. The summed E-state index contributed by atoms with van der Waals surface area (Å²) in [4.78, 5) is 10.1. The van der Waals surface area contributed by atoms with Gasteiger partial charge in [0, 0.05) is 49.6 Å². The highest BCUT2D eigenvalue weighted by atomic mass is 79.9. The summed E-state index contributed by atoms with van der Waals surface area (Å²) in [5, 5.41) is 9.64. The number of methoxy groups -OCH3 is 5. The largest absolute Gasteiger partial charge is 0.497 e. The van der Waals surface area contributed by atoms with E-state index in [2.05, 4.69) is 126 Å². The lowest BCUT2D eigenvalue weighted by Crippen LogP contribution is -2.07. The predicted molar refractivity (Wildman–Crippen MR) is 265 cm³/mol. The van der Waals surface area contributed by atoms with E-state index in [0.29, 0.717) is 49.5 Å². The van der Waals surface area contributed by atoms with Crippen molar-refractivity contribution in [3.05, 3.63) is 136 Å². The van der Waals surface area contributed by atoms with Crippen LogP contribution in [0.5, 0.6) is 17.2 Å². The van der Waals surface area contributed by atoms with E-state index in [9.17, 15) is 5.26 Å². The number of nitriles is 1. The van der Waals surface area contributed by atoms with Gasteiger partial charge in [0.15, 0.2) is 0 Å². The fraction of sp³-hybridized carbons (Fsp3) is 0.278. The third kappa shape index (κ3) is 9.81. The second-order valence-corrected chi connectivity index (χ2v) is 17.1. The molecule has 0 aliphatic carbocycles. The zero-order valence-corrected chi connectivity index (χ0v) is 40.2. The Kier molecular flexibility index (Phi) is 15.1. The van der Waals surface area contributed by atoms with Crippen LogP contribution in [0.4, 0.5) is 0 Å². The summed E-state index contributed by atoms with van der Waals surface area (Å²) in [6.45, 7) is 11.2. The molecule has 0 radical (unpaired) electrons. The molecule has 0 saturated heterocycles. The number of rotatable bonds is 15. The number of nitrogens with zero attached hydrogens (tertiary/aromatic N) is 5. The molecular weight excluding hydrogens is 879 g/mol. The van der Waals surface area contributed by atoms with E-state index in [1.54, 1.807) is 35.5 Å². The number of aromatic nitrogens is 4. The van der Waals surface area contributed by atoms with Crippen LogP contribution in [-0.4, -0.2) is 67.9 Å². The van der Waals surface area contributed by atoms with Crippen LogP contribution in [0.1, 0.15) is 56.2 Å². The minimum Gasteiger partial charge on any atom is -0.497 e. The molecule has 8 rings (SSSR count). The highest BCUT2D eigenvalue weighted by molar-refractivity contribution is 9.10. The van der Waals surface area contributed by atoms with Gasteiger partial charge < -0.3 is 32.8 Å². The third-order valence-corrected chi connectivity index (χ3v) is 12.4. The molecular formula is C54H56BrN5O5. The van der Waals surface area contributed by atoms with Crippen LogP contribution in [-0.2, 0) is 22.6 Å². The predicted octanol–water partition coefficient (Wildman–Crippen LogP) is 12.9. The fourth-order valence-electron chi connectivity index (χ4n) is 8.04. The first-order valence-corrected chi connectivity index (χ1v) is 22.5. The molecule has 0 N–H and O–H groups in total. The van der Waals surface area contributed by atoms with Crippen LogP contribution < -0.4 is 14.2 Å². The summed E-state index contributed by atoms with van der Waals surface area (Å²) in [5.74, 6) is 5.01. The molecule has 0 amide bonds. The maximum atomic E-state index is 9.64. The van der Waals surface area contributed by atoms with Gasteiger partial charge in [0.25, 0.3) is 0 Å². The molecule has 334 valence electrons. The molecule has 6 aromatic carbocycles. The van der Waals surface area contributed by atoms with Crippen LogP contribution in [0, 0.1) is 11.3 Å². The minimum atomic E-state index is 0.461. The summed E-state index contributed by atoms with van der Waals surface area (Å²) >= 11 is 3.79. The standard InChI is InChI=1S/C27H26BrN3O2.C27H30N2O3/c1-17(2)18-9-11-19(12-10-18)27-30-25-24(28)22(21-8-6-5-7-20(21)16-29)15-23(33-4)26(25)31(27)13-14-32-3;1-18(2)19-9-11-20(12-10-19)27-28-24-16-22(21-7-6-8-23(15-21)31-4)17-25(32-5)26(24)29(27)13-14-30-3/h5-12,15,17H,13-14H2,1-4H3;6-12,15-18H,13-14H2,1-5H3.